The van der Waals surface area contributed by atoms with E-state index in [1.807, 2.05) is 61.5 Å². The Hall–Kier alpha value is -3.49. The van der Waals surface area contributed by atoms with Gasteiger partial charge in [0.1, 0.15) is 6.04 Å². The van der Waals surface area contributed by atoms with Crippen molar-refractivity contribution in [1.82, 2.24) is 14.5 Å². The van der Waals surface area contributed by atoms with E-state index in [9.17, 15) is 18.0 Å². The first-order valence-corrected chi connectivity index (χ1v) is 13.8. The van der Waals surface area contributed by atoms with E-state index >= 15 is 0 Å². The Labute approximate surface area is 220 Å². The summed E-state index contributed by atoms with van der Waals surface area (Å²) < 4.78 is 26.9. The number of sulfonamides is 1. The summed E-state index contributed by atoms with van der Waals surface area (Å²) in [6, 6.07) is 25.0. The van der Waals surface area contributed by atoms with Gasteiger partial charge in [0.25, 0.3) is 0 Å². The van der Waals surface area contributed by atoms with Gasteiger partial charge >= 0.3 is 0 Å². The van der Waals surface area contributed by atoms with Crippen LogP contribution in [0.4, 0.5) is 0 Å². The van der Waals surface area contributed by atoms with Crippen LogP contribution in [-0.2, 0) is 32.6 Å². The number of aryl methyl sites for hydroxylation is 1. The molecule has 0 radical (unpaired) electrons. The van der Waals surface area contributed by atoms with Crippen LogP contribution in [0.25, 0.3) is 0 Å². The molecule has 8 heteroatoms. The highest BCUT2D eigenvalue weighted by Crippen LogP contribution is 2.18. The molecule has 1 atom stereocenters. The molecule has 0 saturated heterocycles. The van der Waals surface area contributed by atoms with Gasteiger partial charge in [0.2, 0.25) is 21.8 Å². The van der Waals surface area contributed by atoms with Crippen molar-refractivity contribution in [2.75, 3.05) is 20.6 Å². The second kappa shape index (κ2) is 13.2. The predicted molar refractivity (Wildman–Crippen MR) is 145 cm³/mol. The molecule has 0 aromatic heterocycles. The summed E-state index contributed by atoms with van der Waals surface area (Å²) in [6.07, 6.45) is 0.820. The van der Waals surface area contributed by atoms with Gasteiger partial charge in [-0.05, 0) is 36.6 Å². The summed E-state index contributed by atoms with van der Waals surface area (Å²) in [6.45, 7) is 2.45. The quantitative estimate of drug-likeness (QED) is 0.393. The lowest BCUT2D eigenvalue weighted by Gasteiger charge is -2.31. The van der Waals surface area contributed by atoms with Gasteiger partial charge in [0, 0.05) is 40.0 Å². The maximum absolute atomic E-state index is 13.6. The number of likely N-dealkylation sites (N-methyl/N-ethyl adjacent to an activating group) is 1. The van der Waals surface area contributed by atoms with Crippen LogP contribution in [-0.4, -0.2) is 56.1 Å². The zero-order valence-corrected chi connectivity index (χ0v) is 22.4. The van der Waals surface area contributed by atoms with Gasteiger partial charge < -0.3 is 10.2 Å². The molecule has 7 nitrogen and oxygen atoms in total. The average molecular weight is 522 g/mol. The Balaban J connectivity index is 1.78. The van der Waals surface area contributed by atoms with Crippen LogP contribution in [0.3, 0.4) is 0 Å². The molecule has 3 aromatic carbocycles. The molecular formula is C29H35N3O4S. The second-order valence-corrected chi connectivity index (χ2v) is 11.1. The van der Waals surface area contributed by atoms with Gasteiger partial charge in [-0.25, -0.2) is 12.7 Å². The van der Waals surface area contributed by atoms with E-state index in [0.717, 1.165) is 16.7 Å². The molecule has 2 amide bonds. The topological polar surface area (TPSA) is 86.8 Å². The molecule has 0 heterocycles. The first-order valence-electron chi connectivity index (χ1n) is 12.3. The lowest BCUT2D eigenvalue weighted by Crippen LogP contribution is -2.49. The molecule has 3 rings (SSSR count). The van der Waals surface area contributed by atoms with Gasteiger partial charge in [-0.3, -0.25) is 9.59 Å². The molecule has 0 bridgehead atoms. The van der Waals surface area contributed by atoms with E-state index in [2.05, 4.69) is 5.32 Å². The standard InChI is InChI=1S/C29H35N3O4S/c1-23-12-10-15-25(20-23)22-32(27(29(34)30-2)21-24-13-6-4-7-14-24)28(33)18-11-19-31(3)37(35,36)26-16-8-5-9-17-26/h4-10,12-17,20,27H,11,18-19,21-22H2,1-3H3,(H,30,34). The molecule has 0 saturated carbocycles. The largest absolute Gasteiger partial charge is 0.357 e. The number of nitrogens with one attached hydrogen (secondary N) is 1. The number of hydrogen-bond acceptors (Lipinski definition) is 4. The van der Waals surface area contributed by atoms with E-state index in [-0.39, 0.29) is 36.2 Å². The Bertz CT molecular complexity index is 1280. The van der Waals surface area contributed by atoms with Crippen LogP contribution < -0.4 is 5.32 Å². The fourth-order valence-electron chi connectivity index (χ4n) is 4.22. The Morgan fingerprint density at radius 1 is 0.892 bits per heavy atom. The lowest BCUT2D eigenvalue weighted by atomic mass is 10.0. The zero-order chi connectivity index (χ0) is 26.8. The molecule has 3 aromatic rings. The van der Waals surface area contributed by atoms with Crippen LogP contribution in [0.1, 0.15) is 29.5 Å². The highest BCUT2D eigenvalue weighted by molar-refractivity contribution is 7.89. The predicted octanol–water partition coefficient (Wildman–Crippen LogP) is 3.78. The molecule has 1 unspecified atom stereocenters. The molecule has 37 heavy (non-hydrogen) atoms. The van der Waals surface area contributed by atoms with Gasteiger partial charge in [-0.15, -0.1) is 0 Å². The first kappa shape index (κ1) is 28.1. The number of hydrogen-bond donors (Lipinski definition) is 1. The van der Waals surface area contributed by atoms with Gasteiger partial charge in [0.15, 0.2) is 0 Å². The normalized spacial score (nSPS) is 12.2. The van der Waals surface area contributed by atoms with Crippen LogP contribution in [0.2, 0.25) is 0 Å². The van der Waals surface area contributed by atoms with Crippen LogP contribution in [0.15, 0.2) is 89.8 Å². The fourth-order valence-corrected chi connectivity index (χ4v) is 5.45. The molecular weight excluding hydrogens is 486 g/mol. The zero-order valence-electron chi connectivity index (χ0n) is 21.6. The van der Waals surface area contributed by atoms with Crippen molar-refractivity contribution in [1.29, 1.82) is 0 Å². The minimum absolute atomic E-state index is 0.114. The van der Waals surface area contributed by atoms with Crippen molar-refractivity contribution in [3.05, 3.63) is 102 Å². The number of nitrogens with zero attached hydrogens (tertiary/aromatic N) is 2. The third-order valence-corrected chi connectivity index (χ3v) is 8.14. The highest BCUT2D eigenvalue weighted by Gasteiger charge is 2.30. The van der Waals surface area contributed by atoms with E-state index in [4.69, 9.17) is 0 Å². The van der Waals surface area contributed by atoms with Crippen molar-refractivity contribution in [2.24, 2.45) is 0 Å². The molecule has 0 spiro atoms. The van der Waals surface area contributed by atoms with Crippen molar-refractivity contribution in [3.63, 3.8) is 0 Å². The molecule has 0 aliphatic rings. The Morgan fingerprint density at radius 3 is 2.14 bits per heavy atom. The minimum Gasteiger partial charge on any atom is -0.357 e. The van der Waals surface area contributed by atoms with Crippen LogP contribution in [0, 0.1) is 6.92 Å². The summed E-state index contributed by atoms with van der Waals surface area (Å²) in [7, 11) is -0.558. The molecule has 196 valence electrons. The summed E-state index contributed by atoms with van der Waals surface area (Å²) >= 11 is 0. The molecule has 0 aliphatic carbocycles. The van der Waals surface area contributed by atoms with E-state index in [1.54, 1.807) is 42.3 Å². The number of rotatable bonds is 12. The number of carbonyl (C=O) groups excluding carboxylic acids is 2. The number of amides is 2. The van der Waals surface area contributed by atoms with Crippen LogP contribution in [0.5, 0.6) is 0 Å². The van der Waals surface area contributed by atoms with Gasteiger partial charge in [-0.2, -0.15) is 0 Å². The van der Waals surface area contributed by atoms with E-state index < -0.39 is 16.1 Å². The average Bonchev–Trinajstić information content (AvgIpc) is 2.91. The van der Waals surface area contributed by atoms with Crippen molar-refractivity contribution >= 4 is 21.8 Å². The third-order valence-electron chi connectivity index (χ3n) is 6.27. The Kier molecular flexibility index (Phi) is 10.00. The maximum atomic E-state index is 13.6. The summed E-state index contributed by atoms with van der Waals surface area (Å²) in [5.74, 6) is -0.440. The summed E-state index contributed by atoms with van der Waals surface area (Å²) in [5, 5.41) is 2.71. The van der Waals surface area contributed by atoms with Crippen LogP contribution >= 0.6 is 0 Å². The van der Waals surface area contributed by atoms with Gasteiger partial charge in [-0.1, -0.05) is 78.4 Å². The number of carbonyl (C=O) groups is 2. The van der Waals surface area contributed by atoms with Crippen molar-refractivity contribution in [3.8, 4) is 0 Å². The number of benzene rings is 3. The smallest absolute Gasteiger partial charge is 0.242 e. The SMILES string of the molecule is CNC(=O)C(Cc1ccccc1)N(Cc1cccc(C)c1)C(=O)CCCN(C)S(=O)(=O)c1ccccc1. The lowest BCUT2D eigenvalue weighted by molar-refractivity contribution is -0.141. The van der Waals surface area contributed by atoms with Crippen molar-refractivity contribution in [2.45, 2.75) is 43.7 Å². The first-order chi connectivity index (χ1) is 17.7. The summed E-state index contributed by atoms with van der Waals surface area (Å²) in [5.41, 5.74) is 2.95. The molecule has 1 N–H and O–H groups in total. The molecule has 0 aliphatic heterocycles. The van der Waals surface area contributed by atoms with Gasteiger partial charge in [0.05, 0.1) is 4.90 Å². The van der Waals surface area contributed by atoms with E-state index in [0.29, 0.717) is 12.8 Å². The van der Waals surface area contributed by atoms with Crippen molar-refractivity contribution < 1.29 is 18.0 Å². The Morgan fingerprint density at radius 2 is 1.51 bits per heavy atom. The summed E-state index contributed by atoms with van der Waals surface area (Å²) in [4.78, 5) is 28.4. The monoisotopic (exact) mass is 521 g/mol. The maximum Gasteiger partial charge on any atom is 0.242 e. The second-order valence-electron chi connectivity index (χ2n) is 9.07. The van der Waals surface area contributed by atoms with E-state index in [1.165, 1.54) is 11.4 Å². The minimum atomic E-state index is -3.64. The highest BCUT2D eigenvalue weighted by atomic mass is 32.2. The third kappa shape index (κ3) is 7.74. The molecule has 0 fully saturated rings. The fraction of sp³-hybridized carbons (Fsp3) is 0.310.